The molecule has 0 saturated carbocycles. The van der Waals surface area contributed by atoms with Crippen LogP contribution in [0.25, 0.3) is 0 Å². The maximum absolute atomic E-state index is 9.58. The average Bonchev–Trinajstić information content (AvgIpc) is 2.51. The first-order chi connectivity index (χ1) is 9.70. The van der Waals surface area contributed by atoms with Gasteiger partial charge in [0, 0.05) is 11.9 Å². The second kappa shape index (κ2) is 6.76. The smallest absolute Gasteiger partial charge is 0.141 e. The van der Waals surface area contributed by atoms with E-state index < -0.39 is 5.54 Å². The Morgan fingerprint density at radius 2 is 2.05 bits per heavy atom. The zero-order valence-electron chi connectivity index (χ0n) is 11.0. The molecule has 0 aliphatic rings. The molecule has 20 heavy (non-hydrogen) atoms. The monoisotopic (exact) mass is 303 g/mol. The fraction of sp³-hybridized carbons (Fsp3) is 0.200. The summed E-state index contributed by atoms with van der Waals surface area (Å²) in [4.78, 5) is 4.24. The van der Waals surface area contributed by atoms with Gasteiger partial charge in [0.2, 0.25) is 0 Å². The molecule has 0 spiro atoms. The van der Waals surface area contributed by atoms with Crippen molar-refractivity contribution in [2.24, 2.45) is 0 Å². The van der Waals surface area contributed by atoms with Crippen molar-refractivity contribution in [2.75, 3.05) is 12.8 Å². The van der Waals surface area contributed by atoms with E-state index in [0.29, 0.717) is 10.8 Å². The summed E-state index contributed by atoms with van der Waals surface area (Å²) in [5.41, 5.74) is 0.222. The van der Waals surface area contributed by atoms with Gasteiger partial charge >= 0.3 is 0 Å². The summed E-state index contributed by atoms with van der Waals surface area (Å²) < 4.78 is 0. The van der Waals surface area contributed by atoms with Crippen LogP contribution in [-0.4, -0.2) is 17.8 Å². The van der Waals surface area contributed by atoms with Crippen LogP contribution in [0.4, 0.5) is 0 Å². The molecule has 0 aliphatic carbocycles. The summed E-state index contributed by atoms with van der Waals surface area (Å²) in [6.07, 6.45) is 1.61. The average molecular weight is 304 g/mol. The van der Waals surface area contributed by atoms with Crippen molar-refractivity contribution in [3.05, 3.63) is 59.2 Å². The molecule has 1 N–H and O–H groups in total. The van der Waals surface area contributed by atoms with E-state index in [9.17, 15) is 5.26 Å². The van der Waals surface area contributed by atoms with Crippen molar-refractivity contribution < 1.29 is 0 Å². The van der Waals surface area contributed by atoms with Crippen LogP contribution < -0.4 is 5.32 Å². The predicted molar refractivity (Wildman–Crippen MR) is 82.8 cm³/mol. The van der Waals surface area contributed by atoms with Crippen LogP contribution in [0.5, 0.6) is 0 Å². The number of nitrogens with zero attached hydrogens (tertiary/aromatic N) is 2. The Hall–Kier alpha value is -1.54. The number of pyridine rings is 1. The highest BCUT2D eigenvalue weighted by atomic mass is 35.5. The Morgan fingerprint density at radius 1 is 1.30 bits per heavy atom. The predicted octanol–water partition coefficient (Wildman–Crippen LogP) is 3.47. The Bertz CT molecular complexity index is 595. The van der Waals surface area contributed by atoms with Crippen LogP contribution in [0.15, 0.2) is 53.7 Å². The van der Waals surface area contributed by atoms with E-state index in [2.05, 4.69) is 16.4 Å². The van der Waals surface area contributed by atoms with Gasteiger partial charge in [-0.15, -0.1) is 11.8 Å². The molecule has 5 heteroatoms. The number of hydrogen-bond acceptors (Lipinski definition) is 4. The third-order valence-corrected chi connectivity index (χ3v) is 4.36. The molecule has 1 aromatic heterocycles. The van der Waals surface area contributed by atoms with Crippen molar-refractivity contribution in [1.82, 2.24) is 10.3 Å². The van der Waals surface area contributed by atoms with Gasteiger partial charge in [0.25, 0.3) is 0 Å². The van der Waals surface area contributed by atoms with E-state index in [1.54, 1.807) is 19.3 Å². The highest BCUT2D eigenvalue weighted by Gasteiger charge is 2.30. The minimum Gasteiger partial charge on any atom is -0.298 e. The third-order valence-electron chi connectivity index (χ3n) is 3.02. The van der Waals surface area contributed by atoms with Gasteiger partial charge in [-0.25, -0.2) is 4.98 Å². The Kier molecular flexibility index (Phi) is 5.02. The lowest BCUT2D eigenvalue weighted by Gasteiger charge is -2.26. The SMILES string of the molecule is CNC(C#N)(CSc1ccc(Cl)cn1)c1ccccc1. The summed E-state index contributed by atoms with van der Waals surface area (Å²) >= 11 is 7.34. The number of nitrogens with one attached hydrogen (secondary N) is 1. The topological polar surface area (TPSA) is 48.7 Å². The van der Waals surface area contributed by atoms with E-state index >= 15 is 0 Å². The largest absolute Gasteiger partial charge is 0.298 e. The molecule has 1 aromatic carbocycles. The molecule has 0 bridgehead atoms. The number of rotatable bonds is 5. The Morgan fingerprint density at radius 3 is 2.60 bits per heavy atom. The maximum Gasteiger partial charge on any atom is 0.141 e. The standard InChI is InChI=1S/C15H14ClN3S/c1-18-15(10-17,12-5-3-2-4-6-12)11-20-14-8-7-13(16)9-19-14/h2-9,18H,11H2,1H3. The van der Waals surface area contributed by atoms with Gasteiger partial charge in [0.15, 0.2) is 0 Å². The lowest BCUT2D eigenvalue weighted by molar-refractivity contribution is 0.528. The number of nitriles is 1. The van der Waals surface area contributed by atoms with Crippen LogP contribution in [0.2, 0.25) is 5.02 Å². The Balaban J connectivity index is 2.18. The third kappa shape index (κ3) is 3.31. The van der Waals surface area contributed by atoms with Gasteiger partial charge < -0.3 is 0 Å². The van der Waals surface area contributed by atoms with Gasteiger partial charge in [0.05, 0.1) is 16.1 Å². The van der Waals surface area contributed by atoms with E-state index in [4.69, 9.17) is 11.6 Å². The van der Waals surface area contributed by atoms with E-state index in [1.807, 2.05) is 36.4 Å². The first kappa shape index (κ1) is 14.9. The summed E-state index contributed by atoms with van der Waals surface area (Å²) in [5.74, 6) is 0.568. The second-order valence-corrected chi connectivity index (χ2v) is 5.67. The molecule has 3 nitrogen and oxygen atoms in total. The van der Waals surface area contributed by atoms with E-state index in [1.165, 1.54) is 11.8 Å². The number of benzene rings is 1. The number of halogens is 1. The fourth-order valence-corrected chi connectivity index (χ4v) is 2.95. The molecule has 0 aliphatic heterocycles. The molecule has 2 rings (SSSR count). The number of aromatic nitrogens is 1. The quantitative estimate of drug-likeness (QED) is 0.859. The van der Waals surface area contributed by atoms with Crippen molar-refractivity contribution >= 4 is 23.4 Å². The summed E-state index contributed by atoms with van der Waals surface area (Å²) in [6, 6.07) is 15.7. The maximum atomic E-state index is 9.58. The van der Waals surface area contributed by atoms with Gasteiger partial charge in [-0.1, -0.05) is 41.9 Å². The number of hydrogen-bond donors (Lipinski definition) is 1. The first-order valence-corrected chi connectivity index (χ1v) is 7.46. The van der Waals surface area contributed by atoms with Gasteiger partial charge in [-0.2, -0.15) is 5.26 Å². The van der Waals surface area contributed by atoms with Crippen molar-refractivity contribution in [3.63, 3.8) is 0 Å². The molecule has 0 radical (unpaired) electrons. The van der Waals surface area contributed by atoms with E-state index in [-0.39, 0.29) is 0 Å². The molecular weight excluding hydrogens is 290 g/mol. The van der Waals surface area contributed by atoms with Crippen LogP contribution in [-0.2, 0) is 5.54 Å². The normalized spacial score (nSPS) is 13.4. The number of thioether (sulfide) groups is 1. The second-order valence-electron chi connectivity index (χ2n) is 4.24. The highest BCUT2D eigenvalue weighted by molar-refractivity contribution is 7.99. The molecule has 1 atom stereocenters. The zero-order valence-corrected chi connectivity index (χ0v) is 12.6. The van der Waals surface area contributed by atoms with Gasteiger partial charge in [-0.05, 0) is 24.7 Å². The molecule has 0 saturated heterocycles. The lowest BCUT2D eigenvalue weighted by Crippen LogP contribution is -2.41. The minimum absolute atomic E-state index is 0.568. The Labute approximate surface area is 128 Å². The molecule has 1 unspecified atom stereocenters. The fourth-order valence-electron chi connectivity index (χ4n) is 1.81. The van der Waals surface area contributed by atoms with Crippen LogP contribution in [0.1, 0.15) is 5.56 Å². The van der Waals surface area contributed by atoms with Crippen LogP contribution in [0, 0.1) is 11.3 Å². The minimum atomic E-state index is -0.729. The van der Waals surface area contributed by atoms with Gasteiger partial charge in [-0.3, -0.25) is 5.32 Å². The summed E-state index contributed by atoms with van der Waals surface area (Å²) in [5, 5.41) is 14.2. The molecule has 102 valence electrons. The molecular formula is C15H14ClN3S. The van der Waals surface area contributed by atoms with Crippen molar-refractivity contribution in [1.29, 1.82) is 5.26 Å². The summed E-state index contributed by atoms with van der Waals surface area (Å²) in [7, 11) is 1.80. The van der Waals surface area contributed by atoms with E-state index in [0.717, 1.165) is 10.6 Å². The molecule has 1 heterocycles. The van der Waals surface area contributed by atoms with Gasteiger partial charge in [0.1, 0.15) is 5.54 Å². The first-order valence-electron chi connectivity index (χ1n) is 6.10. The van der Waals surface area contributed by atoms with Crippen LogP contribution >= 0.6 is 23.4 Å². The molecule has 2 aromatic rings. The molecule has 0 amide bonds. The molecule has 0 fully saturated rings. The van der Waals surface area contributed by atoms with Crippen molar-refractivity contribution in [2.45, 2.75) is 10.6 Å². The zero-order chi connectivity index (χ0) is 14.4. The summed E-state index contributed by atoms with van der Waals surface area (Å²) in [6.45, 7) is 0. The van der Waals surface area contributed by atoms with Crippen molar-refractivity contribution in [3.8, 4) is 6.07 Å². The lowest BCUT2D eigenvalue weighted by atomic mass is 9.94. The highest BCUT2D eigenvalue weighted by Crippen LogP contribution is 2.28. The van der Waals surface area contributed by atoms with Crippen LogP contribution in [0.3, 0.4) is 0 Å².